The van der Waals surface area contributed by atoms with Crippen LogP contribution in [-0.2, 0) is 16.1 Å². The fraction of sp³-hybridized carbons (Fsp3) is 0.120. The number of carbonyl (C=O) groups excluding carboxylic acids is 2. The number of esters is 2. The molecule has 0 saturated carbocycles. The van der Waals surface area contributed by atoms with Crippen molar-refractivity contribution >= 4 is 29.4 Å². The predicted molar refractivity (Wildman–Crippen MR) is 124 cm³/mol. The minimum atomic E-state index is -0.495. The van der Waals surface area contributed by atoms with Crippen molar-refractivity contribution in [1.82, 2.24) is 0 Å². The van der Waals surface area contributed by atoms with Gasteiger partial charge in [0.2, 0.25) is 0 Å². The second-order valence-electron chi connectivity index (χ2n) is 6.77. The van der Waals surface area contributed by atoms with Crippen LogP contribution in [0, 0.1) is 6.92 Å². The molecule has 0 unspecified atom stereocenters. The zero-order valence-electron chi connectivity index (χ0n) is 17.9. The van der Waals surface area contributed by atoms with Crippen molar-refractivity contribution in [3.05, 3.63) is 95.1 Å². The average molecular weight is 436 g/mol. The molecule has 0 aromatic heterocycles. The Morgan fingerprint density at radius 3 is 2.09 bits per heavy atom. The van der Waals surface area contributed by atoms with Crippen molar-refractivity contribution in [3.8, 4) is 5.75 Å². The van der Waals surface area contributed by atoms with E-state index in [0.29, 0.717) is 35.4 Å². The molecule has 0 atom stereocenters. The zero-order valence-corrected chi connectivity index (χ0v) is 17.9. The number of benzene rings is 3. The summed E-state index contributed by atoms with van der Waals surface area (Å²) in [6, 6.07) is 19.0. The van der Waals surface area contributed by atoms with Crippen LogP contribution in [0.4, 0.5) is 15.8 Å². The summed E-state index contributed by atoms with van der Waals surface area (Å²) in [5, 5.41) is 0. The monoisotopic (exact) mass is 436 g/mol. The van der Waals surface area contributed by atoms with Crippen LogP contribution >= 0.6 is 0 Å². The van der Waals surface area contributed by atoms with E-state index in [1.54, 1.807) is 60.7 Å². The molecule has 0 fully saturated rings. The summed E-state index contributed by atoms with van der Waals surface area (Å²) in [5.74, 6) is -0.505. The van der Waals surface area contributed by atoms with E-state index in [2.05, 4.69) is 0 Å². The molecule has 0 radical (unpaired) electrons. The lowest BCUT2D eigenvalue weighted by Gasteiger charge is -2.06. The Morgan fingerprint density at radius 1 is 0.906 bits per heavy atom. The van der Waals surface area contributed by atoms with E-state index in [1.165, 1.54) is 6.08 Å². The summed E-state index contributed by atoms with van der Waals surface area (Å²) < 4.78 is 20.0. The Hall–Kier alpha value is -4.13. The second-order valence-corrected chi connectivity index (χ2v) is 6.77. The second kappa shape index (κ2) is 11.9. The van der Waals surface area contributed by atoms with Crippen LogP contribution in [0.5, 0.6) is 5.75 Å². The molecule has 3 aromatic carbocycles. The van der Waals surface area contributed by atoms with Crippen LogP contribution in [0.25, 0.3) is 6.08 Å². The number of rotatable bonds is 6. The Bertz CT molecular complexity index is 1060. The largest absolute Gasteiger partial charge is 0.458 e. The van der Waals surface area contributed by atoms with E-state index < -0.39 is 11.9 Å². The molecule has 7 heteroatoms. The van der Waals surface area contributed by atoms with Gasteiger partial charge in [0.25, 0.3) is 0 Å². The molecule has 3 rings (SSSR count). The highest BCUT2D eigenvalue weighted by atomic mass is 19.1. The standard InChI is InChI=1S/C24H22N2O4.CH3F/c1-16-2-7-19(8-3-16)24(28)30-22-9-4-17(5-10-22)6-11-23(27)29-15-18-12-20(25)14-21(26)13-18;1-2/h2-14H,15,25-26H2,1H3;1H3/b11-6+;. The number of carbonyl (C=O) groups is 2. The fourth-order valence-corrected chi connectivity index (χ4v) is 2.70. The first-order valence-corrected chi connectivity index (χ1v) is 9.65. The molecular formula is C25H25FN2O4. The Labute approximate surface area is 186 Å². The summed E-state index contributed by atoms with van der Waals surface area (Å²) in [7, 11) is 0.500. The number of hydrogen-bond donors (Lipinski definition) is 2. The molecule has 0 spiro atoms. The lowest BCUT2D eigenvalue weighted by molar-refractivity contribution is -0.138. The van der Waals surface area contributed by atoms with Crippen LogP contribution in [-0.4, -0.2) is 19.1 Å². The number of anilines is 2. The van der Waals surface area contributed by atoms with Crippen LogP contribution in [0.2, 0.25) is 0 Å². The average Bonchev–Trinajstić information content (AvgIpc) is 2.78. The Kier molecular flexibility index (Phi) is 8.98. The molecule has 0 amide bonds. The minimum absolute atomic E-state index is 0.0757. The molecule has 4 N–H and O–H groups in total. The van der Waals surface area contributed by atoms with Crippen LogP contribution in [0.15, 0.2) is 72.8 Å². The highest BCUT2D eigenvalue weighted by Gasteiger charge is 2.08. The van der Waals surface area contributed by atoms with Crippen LogP contribution in [0.1, 0.15) is 27.0 Å². The van der Waals surface area contributed by atoms with Gasteiger partial charge in [-0.05, 0) is 66.6 Å². The summed E-state index contributed by atoms with van der Waals surface area (Å²) in [4.78, 5) is 24.1. The first kappa shape index (κ1) is 24.1. The minimum Gasteiger partial charge on any atom is -0.458 e. The zero-order chi connectivity index (χ0) is 23.5. The van der Waals surface area contributed by atoms with Gasteiger partial charge in [-0.15, -0.1) is 0 Å². The topological polar surface area (TPSA) is 105 Å². The van der Waals surface area contributed by atoms with Gasteiger partial charge in [0, 0.05) is 17.5 Å². The maximum atomic E-state index is 12.1. The summed E-state index contributed by atoms with van der Waals surface area (Å²) >= 11 is 0. The van der Waals surface area contributed by atoms with E-state index in [0.717, 1.165) is 11.1 Å². The summed E-state index contributed by atoms with van der Waals surface area (Å²) in [6.07, 6.45) is 2.94. The van der Waals surface area contributed by atoms with Gasteiger partial charge in [-0.1, -0.05) is 29.8 Å². The first-order valence-electron chi connectivity index (χ1n) is 9.65. The van der Waals surface area contributed by atoms with Gasteiger partial charge in [-0.3, -0.25) is 4.39 Å². The van der Waals surface area contributed by atoms with E-state index in [-0.39, 0.29) is 6.61 Å². The van der Waals surface area contributed by atoms with E-state index in [9.17, 15) is 14.0 Å². The van der Waals surface area contributed by atoms with Gasteiger partial charge < -0.3 is 20.9 Å². The maximum Gasteiger partial charge on any atom is 0.343 e. The lowest BCUT2D eigenvalue weighted by atomic mass is 10.1. The highest BCUT2D eigenvalue weighted by molar-refractivity contribution is 5.91. The van der Waals surface area contributed by atoms with Crippen molar-refractivity contribution < 1.29 is 23.5 Å². The molecule has 3 aromatic rings. The molecule has 0 heterocycles. The number of nitrogens with two attached hydrogens (primary N) is 2. The predicted octanol–water partition coefficient (Wildman–Crippen LogP) is 4.72. The molecule has 0 aliphatic heterocycles. The maximum absolute atomic E-state index is 12.1. The third-order valence-corrected chi connectivity index (χ3v) is 4.21. The van der Waals surface area contributed by atoms with Gasteiger partial charge in [0.1, 0.15) is 12.4 Å². The lowest BCUT2D eigenvalue weighted by Crippen LogP contribution is -2.08. The number of alkyl halides is 1. The van der Waals surface area contributed by atoms with Crippen LogP contribution in [0.3, 0.4) is 0 Å². The third-order valence-electron chi connectivity index (χ3n) is 4.21. The summed E-state index contributed by atoms with van der Waals surface area (Å²) in [5.41, 5.74) is 15.5. The van der Waals surface area contributed by atoms with Gasteiger partial charge in [-0.25, -0.2) is 9.59 Å². The number of aryl methyl sites for hydroxylation is 1. The van der Waals surface area contributed by atoms with Gasteiger partial charge in [0.05, 0.1) is 12.7 Å². The quantitative estimate of drug-likeness (QED) is 0.251. The molecular weight excluding hydrogens is 411 g/mol. The van der Waals surface area contributed by atoms with E-state index >= 15 is 0 Å². The van der Waals surface area contributed by atoms with E-state index in [1.807, 2.05) is 19.1 Å². The van der Waals surface area contributed by atoms with Crippen molar-refractivity contribution in [3.63, 3.8) is 0 Å². The van der Waals surface area contributed by atoms with E-state index in [4.69, 9.17) is 20.9 Å². The van der Waals surface area contributed by atoms with Crippen molar-refractivity contribution in [2.45, 2.75) is 13.5 Å². The molecule has 0 aliphatic rings. The van der Waals surface area contributed by atoms with Gasteiger partial charge in [-0.2, -0.15) is 0 Å². The normalized spacial score (nSPS) is 10.2. The summed E-state index contributed by atoms with van der Waals surface area (Å²) in [6.45, 7) is 2.02. The molecule has 0 aliphatic carbocycles. The SMILES string of the molecule is CF.Cc1ccc(C(=O)Oc2ccc(/C=C/C(=O)OCc3cc(N)cc(N)c3)cc2)cc1. The smallest absolute Gasteiger partial charge is 0.343 e. The number of ether oxygens (including phenoxy) is 2. The number of nitrogen functional groups attached to an aromatic ring is 2. The van der Waals surface area contributed by atoms with Crippen molar-refractivity contribution in [2.24, 2.45) is 0 Å². The molecule has 0 bridgehead atoms. The van der Waals surface area contributed by atoms with Gasteiger partial charge in [0.15, 0.2) is 0 Å². The van der Waals surface area contributed by atoms with Gasteiger partial charge >= 0.3 is 11.9 Å². The highest BCUT2D eigenvalue weighted by Crippen LogP contribution is 2.17. The number of halogens is 1. The fourth-order valence-electron chi connectivity index (χ4n) is 2.70. The van der Waals surface area contributed by atoms with Crippen LogP contribution < -0.4 is 16.2 Å². The molecule has 0 saturated heterocycles. The molecule has 166 valence electrons. The van der Waals surface area contributed by atoms with Crippen molar-refractivity contribution in [2.75, 3.05) is 18.6 Å². The Balaban J connectivity index is 0.00000176. The third kappa shape index (κ3) is 7.60. The Morgan fingerprint density at radius 2 is 1.50 bits per heavy atom. The number of hydrogen-bond acceptors (Lipinski definition) is 6. The molecule has 32 heavy (non-hydrogen) atoms. The van der Waals surface area contributed by atoms with Crippen molar-refractivity contribution in [1.29, 1.82) is 0 Å². The first-order chi connectivity index (χ1) is 15.4. The molecule has 6 nitrogen and oxygen atoms in total.